The highest BCUT2D eigenvalue weighted by Crippen LogP contribution is 2.37. The topological polar surface area (TPSA) is 151 Å². The summed E-state index contributed by atoms with van der Waals surface area (Å²) in [5, 5.41) is 6.10. The third-order valence-corrected chi connectivity index (χ3v) is 4.46. The van der Waals surface area contributed by atoms with E-state index in [1.165, 1.54) is 30.7 Å². The van der Waals surface area contributed by atoms with Crippen LogP contribution in [0.2, 0.25) is 0 Å². The number of likely N-dealkylation sites (N-methyl/N-ethyl adjacent to an activating group) is 1. The zero-order valence-electron chi connectivity index (χ0n) is 14.9. The average molecular weight is 370 g/mol. The van der Waals surface area contributed by atoms with E-state index in [4.69, 9.17) is 11.6 Å². The molecule has 2 aliphatic heterocycles. The summed E-state index contributed by atoms with van der Waals surface area (Å²) in [4.78, 5) is 26.5. The molecule has 2 aromatic rings. The molecular formula is C16H22N10O. The summed E-state index contributed by atoms with van der Waals surface area (Å²) in [5.74, 6) is 6.85. The monoisotopic (exact) mass is 370 g/mol. The maximum Gasteiger partial charge on any atom is 0.212 e. The molecule has 0 spiro atoms. The third-order valence-electron chi connectivity index (χ3n) is 4.46. The molecule has 142 valence electrons. The molecule has 0 saturated carbocycles. The van der Waals surface area contributed by atoms with Crippen LogP contribution >= 0.6 is 0 Å². The molecule has 0 aliphatic carbocycles. The summed E-state index contributed by atoms with van der Waals surface area (Å²) in [7, 11) is 2.08. The van der Waals surface area contributed by atoms with Gasteiger partial charge in [-0.25, -0.2) is 21.3 Å². The number of aromatic nitrogens is 3. The smallest absolute Gasteiger partial charge is 0.212 e. The van der Waals surface area contributed by atoms with Crippen LogP contribution < -0.4 is 32.2 Å². The van der Waals surface area contributed by atoms with Crippen LogP contribution in [0.25, 0.3) is 0 Å². The molecule has 0 radical (unpaired) electrons. The van der Waals surface area contributed by atoms with Gasteiger partial charge in [0.2, 0.25) is 6.41 Å². The van der Waals surface area contributed by atoms with Crippen molar-refractivity contribution >= 4 is 29.6 Å². The number of hydrogen-bond acceptors (Lipinski definition) is 9. The van der Waals surface area contributed by atoms with E-state index in [0.717, 1.165) is 18.9 Å². The Morgan fingerprint density at radius 1 is 1.41 bits per heavy atom. The molecule has 0 aromatic carbocycles. The highest BCUT2D eigenvalue weighted by molar-refractivity contribution is 5.96. The van der Waals surface area contributed by atoms with E-state index in [0.29, 0.717) is 29.8 Å². The Balaban J connectivity index is 0.000000197. The Hall–Kier alpha value is -3.47. The minimum Gasteiger partial charge on any atom is -0.380 e. The molecule has 11 heteroatoms. The Labute approximate surface area is 156 Å². The number of nitrogens with two attached hydrogens (primary N) is 2. The van der Waals surface area contributed by atoms with Crippen LogP contribution in [-0.4, -0.2) is 53.4 Å². The van der Waals surface area contributed by atoms with Crippen LogP contribution in [0.4, 0.5) is 17.3 Å². The van der Waals surface area contributed by atoms with Crippen LogP contribution in [0.3, 0.4) is 0 Å². The molecule has 1 fully saturated rings. The molecule has 4 rings (SSSR count). The highest BCUT2D eigenvalue weighted by Gasteiger charge is 2.34. The van der Waals surface area contributed by atoms with Crippen molar-refractivity contribution in [1.82, 2.24) is 20.5 Å². The first-order valence-corrected chi connectivity index (χ1v) is 8.38. The molecule has 1 saturated heterocycles. The SMILES string of the molecule is CN1c2nc(/C(N)=N/NN)ccc2N2CC[C@H]1C2.O=CNc1cnccn1. The van der Waals surface area contributed by atoms with Crippen molar-refractivity contribution in [2.24, 2.45) is 16.7 Å². The number of fused-ring (bicyclic) bond motifs is 4. The van der Waals surface area contributed by atoms with E-state index in [-0.39, 0.29) is 0 Å². The Morgan fingerprint density at radius 2 is 2.26 bits per heavy atom. The minimum atomic E-state index is 0.293. The second-order valence-corrected chi connectivity index (χ2v) is 6.02. The lowest BCUT2D eigenvalue weighted by Gasteiger charge is -2.34. The number of carbonyl (C=O) groups is 1. The predicted molar refractivity (Wildman–Crippen MR) is 103 cm³/mol. The standard InChI is InChI=1S/C11H17N7.C5H5N3O/c1-17-7-4-5-18(6-7)9-3-2-8(14-11(9)17)10(12)15-16-13;9-4-8-5-3-6-1-2-7-5/h2-3,7,16H,4-6,13H2,1H3,(H2,12,15);1-4H,(H,7,8,9)/t7-;/m0./s1. The number of rotatable bonds is 4. The van der Waals surface area contributed by atoms with E-state index in [9.17, 15) is 4.79 Å². The number of amidine groups is 1. The summed E-state index contributed by atoms with van der Waals surface area (Å²) in [6.07, 6.45) is 6.25. The zero-order valence-corrected chi connectivity index (χ0v) is 14.9. The van der Waals surface area contributed by atoms with Crippen molar-refractivity contribution in [2.75, 3.05) is 35.3 Å². The van der Waals surface area contributed by atoms with Gasteiger partial charge in [0, 0.05) is 38.6 Å². The normalized spacial score (nSPS) is 17.6. The van der Waals surface area contributed by atoms with Gasteiger partial charge in [0.15, 0.2) is 17.5 Å². The number of hydrazone groups is 1. The minimum absolute atomic E-state index is 0.293. The molecule has 2 aromatic heterocycles. The number of nitrogens with zero attached hydrogens (tertiary/aromatic N) is 6. The van der Waals surface area contributed by atoms with Crippen molar-refractivity contribution < 1.29 is 4.79 Å². The van der Waals surface area contributed by atoms with Gasteiger partial charge >= 0.3 is 0 Å². The van der Waals surface area contributed by atoms with Crippen LogP contribution in [0.1, 0.15) is 12.1 Å². The lowest BCUT2D eigenvalue weighted by atomic mass is 10.2. The molecule has 11 nitrogen and oxygen atoms in total. The van der Waals surface area contributed by atoms with Gasteiger partial charge in [-0.05, 0) is 18.6 Å². The second kappa shape index (κ2) is 8.27. The van der Waals surface area contributed by atoms with Gasteiger partial charge in [-0.15, -0.1) is 5.10 Å². The predicted octanol–water partition coefficient (Wildman–Crippen LogP) is -0.761. The molecule has 27 heavy (non-hydrogen) atoms. The summed E-state index contributed by atoms with van der Waals surface area (Å²) >= 11 is 0. The Kier molecular flexibility index (Phi) is 5.61. The van der Waals surface area contributed by atoms with Crippen LogP contribution in [0.15, 0.2) is 35.8 Å². The maximum absolute atomic E-state index is 9.80. The van der Waals surface area contributed by atoms with E-state index in [2.05, 4.69) is 53.8 Å². The summed E-state index contributed by atoms with van der Waals surface area (Å²) in [5.41, 5.74) is 9.78. The number of pyridine rings is 1. The third kappa shape index (κ3) is 4.03. The molecule has 6 N–H and O–H groups in total. The lowest BCUT2D eigenvalue weighted by molar-refractivity contribution is -0.105. The van der Waals surface area contributed by atoms with Gasteiger partial charge in [0.05, 0.1) is 11.9 Å². The van der Waals surface area contributed by atoms with Gasteiger partial charge in [-0.2, -0.15) is 0 Å². The van der Waals surface area contributed by atoms with Crippen molar-refractivity contribution in [3.63, 3.8) is 0 Å². The first-order valence-electron chi connectivity index (χ1n) is 8.38. The molecule has 1 amide bonds. The summed E-state index contributed by atoms with van der Waals surface area (Å²) in [6.45, 7) is 2.18. The molecule has 2 aliphatic rings. The lowest BCUT2D eigenvalue weighted by Crippen LogP contribution is -2.40. The number of amides is 1. The maximum atomic E-state index is 9.80. The van der Waals surface area contributed by atoms with Gasteiger partial charge < -0.3 is 20.9 Å². The van der Waals surface area contributed by atoms with Crippen molar-refractivity contribution in [2.45, 2.75) is 12.5 Å². The van der Waals surface area contributed by atoms with Gasteiger partial charge in [-0.3, -0.25) is 9.78 Å². The molecule has 0 unspecified atom stereocenters. The first-order chi connectivity index (χ1) is 13.1. The molecule has 1 atom stereocenters. The van der Waals surface area contributed by atoms with Crippen molar-refractivity contribution in [3.05, 3.63) is 36.4 Å². The van der Waals surface area contributed by atoms with Crippen LogP contribution in [0.5, 0.6) is 0 Å². The van der Waals surface area contributed by atoms with Crippen molar-refractivity contribution in [3.8, 4) is 0 Å². The fourth-order valence-electron chi connectivity index (χ4n) is 3.10. The van der Waals surface area contributed by atoms with Crippen LogP contribution in [-0.2, 0) is 4.79 Å². The second-order valence-electron chi connectivity index (χ2n) is 6.02. The van der Waals surface area contributed by atoms with Gasteiger partial charge in [0.25, 0.3) is 0 Å². The Bertz CT molecular complexity index is 812. The average Bonchev–Trinajstić information content (AvgIpc) is 3.14. The van der Waals surface area contributed by atoms with Gasteiger partial charge in [0.1, 0.15) is 5.69 Å². The van der Waals surface area contributed by atoms with Crippen molar-refractivity contribution in [1.29, 1.82) is 0 Å². The number of hydrogen-bond donors (Lipinski definition) is 4. The fraction of sp³-hybridized carbons (Fsp3) is 0.312. The van der Waals surface area contributed by atoms with Crippen LogP contribution in [0, 0.1) is 0 Å². The number of hydrazine groups is 1. The quantitative estimate of drug-likeness (QED) is 0.179. The van der Waals surface area contributed by atoms with E-state index < -0.39 is 0 Å². The van der Waals surface area contributed by atoms with E-state index >= 15 is 0 Å². The van der Waals surface area contributed by atoms with Gasteiger partial charge in [-0.1, -0.05) is 0 Å². The molecule has 2 bridgehead atoms. The Morgan fingerprint density at radius 3 is 2.96 bits per heavy atom. The molecule has 4 heterocycles. The largest absolute Gasteiger partial charge is 0.380 e. The number of nitrogens with one attached hydrogen (secondary N) is 2. The summed E-state index contributed by atoms with van der Waals surface area (Å²) in [6, 6.07) is 4.47. The highest BCUT2D eigenvalue weighted by atomic mass is 16.1. The summed E-state index contributed by atoms with van der Waals surface area (Å²) < 4.78 is 0. The van der Waals surface area contributed by atoms with E-state index in [1.54, 1.807) is 0 Å². The van der Waals surface area contributed by atoms with E-state index in [1.807, 2.05) is 6.07 Å². The zero-order chi connectivity index (χ0) is 19.2. The molecular weight excluding hydrogens is 348 g/mol. The number of anilines is 3. The fourth-order valence-corrected chi connectivity index (χ4v) is 3.10. The number of carbonyl (C=O) groups excluding carboxylic acids is 1. The first kappa shape index (κ1) is 18.3.